The van der Waals surface area contributed by atoms with Crippen molar-refractivity contribution in [3.63, 3.8) is 0 Å². The average Bonchev–Trinajstić information content (AvgIpc) is 2.30. The van der Waals surface area contributed by atoms with E-state index in [-0.39, 0.29) is 11.6 Å². The summed E-state index contributed by atoms with van der Waals surface area (Å²) in [4.78, 5) is 4.13. The van der Waals surface area contributed by atoms with Gasteiger partial charge in [0, 0.05) is 7.11 Å². The first-order chi connectivity index (χ1) is 7.58. The molecule has 0 fully saturated rings. The van der Waals surface area contributed by atoms with Gasteiger partial charge in [-0.1, -0.05) is 0 Å². The Balaban J connectivity index is 2.82. The van der Waals surface area contributed by atoms with Crippen molar-refractivity contribution in [3.05, 3.63) is 23.3 Å². The smallest absolute Gasteiger partial charge is 0.129 e. The third-order valence-electron chi connectivity index (χ3n) is 2.26. The summed E-state index contributed by atoms with van der Waals surface area (Å²) in [6.45, 7) is 1.90. The molecule has 1 rings (SSSR count). The fraction of sp³-hybridized carbons (Fsp3) is 0.500. The number of hydrogen-bond donors (Lipinski definition) is 3. The second-order valence-electron chi connectivity index (χ2n) is 3.37. The summed E-state index contributed by atoms with van der Waals surface area (Å²) in [5.74, 6) is 0.655. The van der Waals surface area contributed by atoms with Crippen LogP contribution in [0.2, 0.25) is 0 Å². The molecule has 0 aromatic heterocycles. The maximum atomic E-state index is 5.92. The predicted molar refractivity (Wildman–Crippen MR) is 66.1 cm³/mol. The fourth-order valence-electron chi connectivity index (χ4n) is 1.21. The largest absolute Gasteiger partial charge is 0.396 e. The maximum Gasteiger partial charge on any atom is 0.129 e. The van der Waals surface area contributed by atoms with E-state index in [1.165, 1.54) is 0 Å². The molecule has 0 saturated heterocycles. The first-order valence-corrected chi connectivity index (χ1v) is 5.38. The number of rotatable bonds is 4. The van der Waals surface area contributed by atoms with Crippen LogP contribution in [0.25, 0.3) is 0 Å². The number of halogens is 1. The molecule has 0 bridgehead atoms. The van der Waals surface area contributed by atoms with E-state index in [4.69, 9.17) is 22.1 Å². The standard InChI is InChI=1S/C10H17ClN4O/c1-6(16-3)10-7(12)5-14-9(15-10)4-8(11)13-2/h4-6,8,13,15H,12H2,1-3H3/b9-4-/t6-,8?/m0/s1. The monoisotopic (exact) mass is 244 g/mol. The number of nitrogens with zero attached hydrogens (tertiary/aromatic N) is 1. The molecule has 90 valence electrons. The lowest BCUT2D eigenvalue weighted by molar-refractivity contribution is 0.141. The van der Waals surface area contributed by atoms with Crippen molar-refractivity contribution >= 4 is 17.8 Å². The van der Waals surface area contributed by atoms with Crippen LogP contribution in [0.5, 0.6) is 0 Å². The van der Waals surface area contributed by atoms with Gasteiger partial charge in [0.25, 0.3) is 0 Å². The van der Waals surface area contributed by atoms with Gasteiger partial charge in [-0.25, -0.2) is 4.99 Å². The SMILES string of the molecule is CNC(Cl)/C=C1/N=CC(N)=C([C@H](C)OC)N1. The molecule has 0 aromatic rings. The molecule has 5 nitrogen and oxygen atoms in total. The number of allylic oxidation sites excluding steroid dienone is 1. The predicted octanol–water partition coefficient (Wildman–Crippen LogP) is 0.491. The topological polar surface area (TPSA) is 71.7 Å². The van der Waals surface area contributed by atoms with Crippen molar-refractivity contribution in [1.29, 1.82) is 0 Å². The van der Waals surface area contributed by atoms with Crippen LogP contribution in [-0.4, -0.2) is 32.0 Å². The molecule has 16 heavy (non-hydrogen) atoms. The van der Waals surface area contributed by atoms with Gasteiger partial charge in [-0.3, -0.25) is 0 Å². The highest BCUT2D eigenvalue weighted by Gasteiger charge is 2.16. The van der Waals surface area contributed by atoms with Gasteiger partial charge in [0.1, 0.15) is 11.3 Å². The van der Waals surface area contributed by atoms with Crippen molar-refractivity contribution in [2.45, 2.75) is 18.5 Å². The minimum absolute atomic E-state index is 0.112. The molecule has 4 N–H and O–H groups in total. The molecule has 1 aliphatic heterocycles. The van der Waals surface area contributed by atoms with Gasteiger partial charge in [-0.2, -0.15) is 0 Å². The van der Waals surface area contributed by atoms with E-state index in [9.17, 15) is 0 Å². The van der Waals surface area contributed by atoms with E-state index < -0.39 is 0 Å². The van der Waals surface area contributed by atoms with Crippen molar-refractivity contribution in [3.8, 4) is 0 Å². The third-order valence-corrected chi connectivity index (χ3v) is 2.60. The molecule has 0 spiro atoms. The van der Waals surface area contributed by atoms with E-state index in [1.807, 2.05) is 6.92 Å². The number of nitrogens with one attached hydrogen (secondary N) is 2. The molecule has 0 amide bonds. The molecule has 0 saturated carbocycles. The van der Waals surface area contributed by atoms with Gasteiger partial charge >= 0.3 is 0 Å². The van der Waals surface area contributed by atoms with Gasteiger partial charge < -0.3 is 21.1 Å². The summed E-state index contributed by atoms with van der Waals surface area (Å²) in [6.07, 6.45) is 3.23. The van der Waals surface area contributed by atoms with Crippen LogP contribution in [0.3, 0.4) is 0 Å². The van der Waals surface area contributed by atoms with Crippen LogP contribution in [-0.2, 0) is 4.74 Å². The van der Waals surface area contributed by atoms with Crippen molar-refractivity contribution in [1.82, 2.24) is 10.6 Å². The lowest BCUT2D eigenvalue weighted by atomic mass is 10.2. The molecule has 0 radical (unpaired) electrons. The Kier molecular flexibility index (Phi) is 4.79. The summed E-state index contributed by atoms with van der Waals surface area (Å²) in [7, 11) is 3.39. The lowest BCUT2D eigenvalue weighted by Gasteiger charge is -2.22. The summed E-state index contributed by atoms with van der Waals surface area (Å²) in [6, 6.07) is 0. The van der Waals surface area contributed by atoms with Crippen LogP contribution in [0, 0.1) is 0 Å². The number of alkyl halides is 1. The Labute approximate surface area is 100 Å². The highest BCUT2D eigenvalue weighted by Crippen LogP contribution is 2.12. The van der Waals surface area contributed by atoms with Gasteiger partial charge in [0.2, 0.25) is 0 Å². The minimum atomic E-state index is -0.280. The first kappa shape index (κ1) is 13.0. The molecule has 1 unspecified atom stereocenters. The molecular formula is C10H17ClN4O. The van der Waals surface area contributed by atoms with E-state index in [1.54, 1.807) is 26.4 Å². The third kappa shape index (κ3) is 3.23. The Morgan fingerprint density at radius 1 is 1.69 bits per heavy atom. The van der Waals surface area contributed by atoms with E-state index in [0.717, 1.165) is 5.70 Å². The van der Waals surface area contributed by atoms with Gasteiger partial charge in [0.05, 0.1) is 23.7 Å². The molecule has 0 aromatic carbocycles. The summed E-state index contributed by atoms with van der Waals surface area (Å²) in [5.41, 5.74) is 6.88. The molecule has 2 atom stereocenters. The normalized spacial score (nSPS) is 22.1. The minimum Gasteiger partial charge on any atom is -0.396 e. The number of ether oxygens (including phenoxy) is 1. The number of hydrogen-bond acceptors (Lipinski definition) is 5. The highest BCUT2D eigenvalue weighted by molar-refractivity contribution is 6.21. The lowest BCUT2D eigenvalue weighted by Crippen LogP contribution is -2.31. The van der Waals surface area contributed by atoms with E-state index >= 15 is 0 Å². The second-order valence-corrected chi connectivity index (χ2v) is 3.84. The molecule has 1 aliphatic rings. The molecule has 6 heteroatoms. The van der Waals surface area contributed by atoms with Crippen LogP contribution in [0.1, 0.15) is 6.92 Å². The van der Waals surface area contributed by atoms with Crippen molar-refractivity contribution in [2.24, 2.45) is 10.7 Å². The number of aliphatic imine (C=N–C) groups is 1. The average molecular weight is 245 g/mol. The Morgan fingerprint density at radius 3 is 2.94 bits per heavy atom. The van der Waals surface area contributed by atoms with Crippen LogP contribution in [0.4, 0.5) is 0 Å². The van der Waals surface area contributed by atoms with Gasteiger partial charge in [-0.15, -0.1) is 11.6 Å². The Bertz CT molecular complexity index is 338. The molecular weight excluding hydrogens is 228 g/mol. The first-order valence-electron chi connectivity index (χ1n) is 4.95. The maximum absolute atomic E-state index is 5.92. The van der Waals surface area contributed by atoms with Gasteiger partial charge in [-0.05, 0) is 20.0 Å². The molecule has 1 heterocycles. The molecule has 0 aliphatic carbocycles. The Hall–Kier alpha value is -1.04. The zero-order chi connectivity index (χ0) is 12.1. The fourth-order valence-corrected chi connectivity index (χ4v) is 1.33. The summed E-state index contributed by atoms with van der Waals surface area (Å²) < 4.78 is 5.20. The number of nitrogens with two attached hydrogens (primary N) is 1. The zero-order valence-electron chi connectivity index (χ0n) is 9.62. The van der Waals surface area contributed by atoms with Crippen LogP contribution >= 0.6 is 11.6 Å². The number of likely N-dealkylation sites (N-methyl/N-ethyl adjacent to an activating group) is 1. The quantitative estimate of drug-likeness (QED) is 0.497. The summed E-state index contributed by atoms with van der Waals surface area (Å²) in [5, 5.41) is 5.97. The highest BCUT2D eigenvalue weighted by atomic mass is 35.5. The van der Waals surface area contributed by atoms with Crippen LogP contribution in [0.15, 0.2) is 28.3 Å². The van der Waals surface area contributed by atoms with Crippen LogP contribution < -0.4 is 16.4 Å². The van der Waals surface area contributed by atoms with E-state index in [0.29, 0.717) is 11.5 Å². The van der Waals surface area contributed by atoms with Crippen molar-refractivity contribution < 1.29 is 4.74 Å². The van der Waals surface area contributed by atoms with Gasteiger partial charge in [0.15, 0.2) is 0 Å². The van der Waals surface area contributed by atoms with Crippen molar-refractivity contribution in [2.75, 3.05) is 14.2 Å². The summed E-state index contributed by atoms with van der Waals surface area (Å²) >= 11 is 5.92. The van der Waals surface area contributed by atoms with E-state index in [2.05, 4.69) is 15.6 Å². The Morgan fingerprint density at radius 2 is 2.38 bits per heavy atom. The number of methoxy groups -OCH3 is 1. The zero-order valence-corrected chi connectivity index (χ0v) is 10.4. The second kappa shape index (κ2) is 5.89.